The third-order valence-corrected chi connectivity index (χ3v) is 8.11. The van der Waals surface area contributed by atoms with Gasteiger partial charge in [-0.1, -0.05) is 6.07 Å². The number of pyridine rings is 3. The van der Waals surface area contributed by atoms with Crippen LogP contribution in [0.15, 0.2) is 90.4 Å². The van der Waals surface area contributed by atoms with Gasteiger partial charge in [-0.05, 0) is 72.5 Å². The van der Waals surface area contributed by atoms with Crippen LogP contribution in [0.5, 0.6) is 0 Å². The molecule has 1 aromatic carbocycles. The van der Waals surface area contributed by atoms with E-state index in [9.17, 15) is 14.7 Å². The molecular weight excluding hydrogens is 572 g/mol. The van der Waals surface area contributed by atoms with Crippen molar-refractivity contribution >= 4 is 34.8 Å². The molecular formula is C32H24N10O3. The molecule has 13 heteroatoms. The Morgan fingerprint density at radius 1 is 1.00 bits per heavy atom. The first-order valence-electron chi connectivity index (χ1n) is 14.2. The first kappa shape index (κ1) is 26.3. The number of carbonyl (C=O) groups excluding carboxylic acids is 1. The maximum atomic E-state index is 13.5. The average molecular weight is 597 g/mol. The fraction of sp³-hybridized carbons (Fsp3) is 0.0938. The van der Waals surface area contributed by atoms with E-state index in [2.05, 4.69) is 26.4 Å². The minimum absolute atomic E-state index is 0.00254. The quantitative estimate of drug-likeness (QED) is 0.270. The van der Waals surface area contributed by atoms with Gasteiger partial charge in [-0.25, -0.2) is 24.6 Å². The molecule has 13 nitrogen and oxygen atoms in total. The molecule has 0 saturated carbocycles. The summed E-state index contributed by atoms with van der Waals surface area (Å²) in [6.45, 7) is 0. The number of hydrogen-bond acceptors (Lipinski definition) is 9. The van der Waals surface area contributed by atoms with Gasteiger partial charge in [0.2, 0.25) is 5.43 Å². The summed E-state index contributed by atoms with van der Waals surface area (Å²) in [4.78, 5) is 44.1. The van der Waals surface area contributed by atoms with Crippen molar-refractivity contribution in [3.05, 3.63) is 118 Å². The van der Waals surface area contributed by atoms with E-state index >= 15 is 0 Å². The molecule has 1 aliphatic rings. The van der Waals surface area contributed by atoms with Crippen LogP contribution in [-0.4, -0.2) is 49.7 Å². The number of anilines is 1. The summed E-state index contributed by atoms with van der Waals surface area (Å²) < 4.78 is 5.09. The lowest BCUT2D eigenvalue weighted by atomic mass is 10.1. The first-order chi connectivity index (χ1) is 22.0. The Hall–Kier alpha value is -6.37. The molecule has 0 saturated heterocycles. The molecule has 0 fully saturated rings. The summed E-state index contributed by atoms with van der Waals surface area (Å²) in [6, 6.07) is 16.5. The number of imidazole rings is 2. The number of benzene rings is 1. The van der Waals surface area contributed by atoms with Gasteiger partial charge in [0.1, 0.15) is 17.0 Å². The van der Waals surface area contributed by atoms with Crippen LogP contribution in [0.1, 0.15) is 34.1 Å². The zero-order chi connectivity index (χ0) is 30.7. The molecule has 7 aromatic rings. The summed E-state index contributed by atoms with van der Waals surface area (Å²) in [6.07, 6.45) is 10.3. The Labute approximate surface area is 254 Å². The number of aryl methyl sites for hydroxylation is 1. The van der Waals surface area contributed by atoms with E-state index < -0.39 is 5.43 Å². The van der Waals surface area contributed by atoms with Crippen LogP contribution in [0.2, 0.25) is 0 Å². The van der Waals surface area contributed by atoms with Gasteiger partial charge in [0.25, 0.3) is 5.91 Å². The van der Waals surface area contributed by atoms with Crippen LogP contribution in [0.4, 0.5) is 5.82 Å². The number of nitrogen functional groups attached to an aromatic ring is 1. The molecule has 45 heavy (non-hydrogen) atoms. The molecule has 6 heterocycles. The number of nitrogens with zero attached hydrogens (tertiary/aromatic N) is 8. The van der Waals surface area contributed by atoms with E-state index in [0.29, 0.717) is 46.9 Å². The summed E-state index contributed by atoms with van der Waals surface area (Å²) in [5.74, 6) is 1.21. The van der Waals surface area contributed by atoms with Crippen molar-refractivity contribution < 1.29 is 9.90 Å². The highest BCUT2D eigenvalue weighted by atomic mass is 16.2. The molecule has 4 N–H and O–H groups in total. The van der Waals surface area contributed by atoms with E-state index in [0.717, 1.165) is 23.2 Å². The van der Waals surface area contributed by atoms with Gasteiger partial charge in [-0.2, -0.15) is 5.10 Å². The van der Waals surface area contributed by atoms with Crippen LogP contribution in [-0.2, 0) is 6.42 Å². The van der Waals surface area contributed by atoms with Gasteiger partial charge in [0, 0.05) is 36.7 Å². The standard InChI is InChI=1S/C32H24N10O3/c33-28-22(3-1-10-34-28)29-37-24-8-9-26(41-13-2-11-36-41)39-30(24)42(29)20-5-6-21-18(15-20)4-7-23(21)38-32(45)25-16-19(17-43)27(44)31-35-12-14-40(25)31/h1-3,5-6,8-17,23,43H,4,7H2,(H2,33,34)(H,38,45)/t23-/m0/s1. The molecule has 0 radical (unpaired) electrons. The van der Waals surface area contributed by atoms with Gasteiger partial charge in [-0.3, -0.25) is 18.6 Å². The van der Waals surface area contributed by atoms with Crippen LogP contribution in [0.3, 0.4) is 0 Å². The molecule has 0 bridgehead atoms. The smallest absolute Gasteiger partial charge is 0.268 e. The van der Waals surface area contributed by atoms with E-state index in [-0.39, 0.29) is 28.5 Å². The van der Waals surface area contributed by atoms with Gasteiger partial charge >= 0.3 is 0 Å². The second kappa shape index (κ2) is 10.1. The predicted molar refractivity (Wildman–Crippen MR) is 166 cm³/mol. The molecule has 1 aliphatic carbocycles. The van der Waals surface area contributed by atoms with Gasteiger partial charge in [-0.15, -0.1) is 0 Å². The molecule has 1 atom stereocenters. The van der Waals surface area contributed by atoms with Crippen molar-refractivity contribution in [3.63, 3.8) is 0 Å². The molecule has 8 rings (SSSR count). The van der Waals surface area contributed by atoms with E-state index in [1.165, 1.54) is 16.7 Å². The van der Waals surface area contributed by atoms with E-state index in [4.69, 9.17) is 15.7 Å². The lowest BCUT2D eigenvalue weighted by Crippen LogP contribution is -2.34. The molecule has 0 aliphatic heterocycles. The fourth-order valence-corrected chi connectivity index (χ4v) is 5.98. The second-order valence-corrected chi connectivity index (χ2v) is 10.7. The van der Waals surface area contributed by atoms with E-state index in [1.807, 2.05) is 53.2 Å². The van der Waals surface area contributed by atoms with Crippen LogP contribution in [0.25, 0.3) is 46.0 Å². The number of amides is 1. The number of nitrogens with one attached hydrogen (secondary N) is 1. The highest BCUT2D eigenvalue weighted by molar-refractivity contribution is 5.93. The third kappa shape index (κ3) is 4.20. The summed E-state index contributed by atoms with van der Waals surface area (Å²) >= 11 is 0. The van der Waals surface area contributed by atoms with Gasteiger partial charge < -0.3 is 16.2 Å². The summed E-state index contributed by atoms with van der Waals surface area (Å²) in [5.41, 5.74) is 11.0. The molecule has 0 spiro atoms. The van der Waals surface area contributed by atoms with Crippen molar-refractivity contribution in [1.82, 2.24) is 44.0 Å². The minimum Gasteiger partial charge on any atom is -0.515 e. The Kier molecular flexibility index (Phi) is 5.91. The summed E-state index contributed by atoms with van der Waals surface area (Å²) in [5, 5.41) is 17.0. The predicted octanol–water partition coefficient (Wildman–Crippen LogP) is 2.69. The molecule has 0 unspecified atom stereocenters. The lowest BCUT2D eigenvalue weighted by molar-refractivity contribution is 0.0930. The van der Waals surface area contributed by atoms with Crippen LogP contribution < -0.4 is 21.7 Å². The number of rotatable bonds is 5. The Morgan fingerprint density at radius 2 is 1.91 bits per heavy atom. The highest BCUT2D eigenvalue weighted by Gasteiger charge is 2.27. The Morgan fingerprint density at radius 3 is 2.73 bits per heavy atom. The Balaban J connectivity index is 1.20. The Bertz CT molecular complexity index is 2390. The van der Waals surface area contributed by atoms with Gasteiger partial charge in [0.15, 0.2) is 22.9 Å². The minimum atomic E-state index is -0.455. The van der Waals surface area contributed by atoms with Crippen molar-refractivity contribution in [2.24, 2.45) is 0 Å². The number of fused-ring (bicyclic) bond motifs is 3. The van der Waals surface area contributed by atoms with E-state index in [1.54, 1.807) is 23.3 Å². The topological polar surface area (TPSA) is 171 Å². The maximum Gasteiger partial charge on any atom is 0.268 e. The summed E-state index contributed by atoms with van der Waals surface area (Å²) in [7, 11) is 0. The molecule has 6 aromatic heterocycles. The number of carbonyl (C=O) groups is 1. The van der Waals surface area contributed by atoms with Gasteiger partial charge in [0.05, 0.1) is 23.1 Å². The normalized spacial score (nSPS) is 14.8. The molecule has 220 valence electrons. The first-order valence-corrected chi connectivity index (χ1v) is 14.2. The number of aromatic nitrogens is 8. The SMILES string of the molecule is Nc1ncccc1-c1nc2ccc(-n3cccn3)nc2n1-c1ccc2c(c1)CC[C@@H]2NC(=O)c1cc(=CO)c(=O)c2nccn12. The number of nitrogens with two attached hydrogens (primary N) is 1. The zero-order valence-corrected chi connectivity index (χ0v) is 23.6. The maximum absolute atomic E-state index is 13.5. The lowest BCUT2D eigenvalue weighted by Gasteiger charge is -2.16. The number of aliphatic hydroxyl groups excluding tert-OH is 1. The monoisotopic (exact) mass is 596 g/mol. The molecule has 1 amide bonds. The fourth-order valence-electron chi connectivity index (χ4n) is 5.98. The van der Waals surface area contributed by atoms with Crippen LogP contribution >= 0.6 is 0 Å². The van der Waals surface area contributed by atoms with Crippen molar-refractivity contribution in [3.8, 4) is 22.9 Å². The number of aliphatic hydroxyl groups is 1. The van der Waals surface area contributed by atoms with Crippen molar-refractivity contribution in [1.29, 1.82) is 0 Å². The largest absolute Gasteiger partial charge is 0.515 e. The number of hydrogen-bond donors (Lipinski definition) is 3. The zero-order valence-electron chi connectivity index (χ0n) is 23.6. The average Bonchev–Trinajstić information content (AvgIpc) is 3.87. The second-order valence-electron chi connectivity index (χ2n) is 10.7. The third-order valence-electron chi connectivity index (χ3n) is 8.11. The van der Waals surface area contributed by atoms with Crippen molar-refractivity contribution in [2.75, 3.05) is 5.73 Å². The van der Waals surface area contributed by atoms with Crippen molar-refractivity contribution in [2.45, 2.75) is 18.9 Å². The highest BCUT2D eigenvalue weighted by Crippen LogP contribution is 2.36. The van der Waals surface area contributed by atoms with Crippen LogP contribution in [0, 0.1) is 0 Å².